The number of carbonyl (C=O) groups is 3. The zero-order valence-corrected chi connectivity index (χ0v) is 22.9. The highest BCUT2D eigenvalue weighted by Crippen LogP contribution is 2.33. The summed E-state index contributed by atoms with van der Waals surface area (Å²) in [5.41, 5.74) is 10.1. The SMILES string of the molecule is NC(=O)c1c(OC(=O)CCC(O)C(O)CCC(=O)Oc2cc(O)c3c(=O)c(-c4ccc(O)cc4)coc3c2)ccc(N)c1O. The minimum Gasteiger partial charge on any atom is -0.508 e. The highest BCUT2D eigenvalue weighted by Gasteiger charge is 2.23. The van der Waals surface area contributed by atoms with Crippen LogP contribution in [-0.4, -0.2) is 55.6 Å². The van der Waals surface area contributed by atoms with E-state index in [-0.39, 0.29) is 58.7 Å². The van der Waals surface area contributed by atoms with Gasteiger partial charge in [0.1, 0.15) is 45.8 Å². The number of primary amides is 1. The number of esters is 2. The van der Waals surface area contributed by atoms with Crippen LogP contribution in [-0.2, 0) is 9.59 Å². The van der Waals surface area contributed by atoms with Crippen LogP contribution in [0.4, 0.5) is 5.69 Å². The summed E-state index contributed by atoms with van der Waals surface area (Å²) in [6.45, 7) is 0. The van der Waals surface area contributed by atoms with Crippen LogP contribution in [0.25, 0.3) is 22.1 Å². The molecule has 0 radical (unpaired) electrons. The normalized spacial score (nSPS) is 12.4. The molecule has 0 saturated carbocycles. The number of aromatic hydroxyl groups is 3. The first-order valence-corrected chi connectivity index (χ1v) is 13.1. The van der Waals surface area contributed by atoms with Gasteiger partial charge in [0.2, 0.25) is 5.43 Å². The maximum absolute atomic E-state index is 13.0. The van der Waals surface area contributed by atoms with Crippen molar-refractivity contribution in [3.8, 4) is 39.9 Å². The van der Waals surface area contributed by atoms with Crippen LogP contribution in [0.1, 0.15) is 36.0 Å². The number of carbonyl (C=O) groups excluding carboxylic acids is 3. The van der Waals surface area contributed by atoms with Crippen LogP contribution in [0.5, 0.6) is 28.7 Å². The maximum Gasteiger partial charge on any atom is 0.311 e. The number of ether oxygens (including phenoxy) is 2. The summed E-state index contributed by atoms with van der Waals surface area (Å²) in [4.78, 5) is 49.2. The summed E-state index contributed by atoms with van der Waals surface area (Å²) in [7, 11) is 0. The number of amides is 1. The first-order valence-electron chi connectivity index (χ1n) is 13.1. The highest BCUT2D eigenvalue weighted by molar-refractivity contribution is 6.00. The van der Waals surface area contributed by atoms with E-state index in [0.717, 1.165) is 6.07 Å². The van der Waals surface area contributed by atoms with E-state index in [2.05, 4.69) is 0 Å². The largest absolute Gasteiger partial charge is 0.508 e. The molecule has 230 valence electrons. The van der Waals surface area contributed by atoms with Gasteiger partial charge in [-0.2, -0.15) is 0 Å². The molecule has 14 nitrogen and oxygen atoms in total. The number of phenolic OH excluding ortho intramolecular Hbond substituents is 2. The van der Waals surface area contributed by atoms with Gasteiger partial charge < -0.3 is 50.9 Å². The van der Waals surface area contributed by atoms with Gasteiger partial charge in [-0.25, -0.2) is 0 Å². The fourth-order valence-corrected chi connectivity index (χ4v) is 4.29. The average molecular weight is 609 g/mol. The minimum atomic E-state index is -1.44. The van der Waals surface area contributed by atoms with E-state index < -0.39 is 59.0 Å². The van der Waals surface area contributed by atoms with Gasteiger partial charge in [0.25, 0.3) is 5.91 Å². The Morgan fingerprint density at radius 1 is 0.864 bits per heavy atom. The Labute approximate surface area is 248 Å². The second kappa shape index (κ2) is 13.1. The van der Waals surface area contributed by atoms with Crippen LogP contribution in [0.3, 0.4) is 0 Å². The Morgan fingerprint density at radius 2 is 1.48 bits per heavy atom. The number of benzene rings is 3. The van der Waals surface area contributed by atoms with E-state index in [1.54, 1.807) is 0 Å². The second-order valence-electron chi connectivity index (χ2n) is 9.74. The molecule has 0 spiro atoms. The number of rotatable bonds is 11. The summed E-state index contributed by atoms with van der Waals surface area (Å²) in [5, 5.41) is 50.2. The Kier molecular flexibility index (Phi) is 9.36. The molecule has 1 aromatic heterocycles. The predicted molar refractivity (Wildman–Crippen MR) is 154 cm³/mol. The number of fused-ring (bicyclic) bond motifs is 1. The van der Waals surface area contributed by atoms with Crippen LogP contribution in [0, 0.1) is 0 Å². The molecule has 0 aliphatic carbocycles. The molecule has 14 heteroatoms. The van der Waals surface area contributed by atoms with Crippen molar-refractivity contribution >= 4 is 34.5 Å². The number of aliphatic hydroxyl groups excluding tert-OH is 2. The lowest BCUT2D eigenvalue weighted by atomic mass is 10.0. The second-order valence-corrected chi connectivity index (χ2v) is 9.74. The van der Waals surface area contributed by atoms with Crippen molar-refractivity contribution < 1.29 is 53.8 Å². The van der Waals surface area contributed by atoms with E-state index in [4.69, 9.17) is 25.4 Å². The lowest BCUT2D eigenvalue weighted by Crippen LogP contribution is -2.28. The van der Waals surface area contributed by atoms with Crippen molar-refractivity contribution in [1.82, 2.24) is 0 Å². The number of aliphatic hydroxyl groups is 2. The molecule has 4 aromatic rings. The molecule has 2 atom stereocenters. The van der Waals surface area contributed by atoms with E-state index in [1.165, 1.54) is 48.7 Å². The summed E-state index contributed by atoms with van der Waals surface area (Å²) in [5.74, 6) is -4.42. The van der Waals surface area contributed by atoms with Crippen LogP contribution in [0.2, 0.25) is 0 Å². The molecular formula is C30H28N2O12. The number of hydrogen-bond acceptors (Lipinski definition) is 13. The summed E-state index contributed by atoms with van der Waals surface area (Å²) >= 11 is 0. The van der Waals surface area contributed by atoms with E-state index in [9.17, 15) is 44.7 Å². The molecule has 4 rings (SSSR count). The number of nitrogens with two attached hydrogens (primary N) is 2. The Bertz CT molecular complexity index is 1780. The van der Waals surface area contributed by atoms with Gasteiger partial charge in [-0.15, -0.1) is 0 Å². The first kappa shape index (κ1) is 31.3. The lowest BCUT2D eigenvalue weighted by Gasteiger charge is -2.17. The van der Waals surface area contributed by atoms with Crippen molar-refractivity contribution in [2.24, 2.45) is 5.73 Å². The van der Waals surface area contributed by atoms with E-state index >= 15 is 0 Å². The molecule has 9 N–H and O–H groups in total. The number of hydrogen-bond donors (Lipinski definition) is 7. The van der Waals surface area contributed by atoms with Gasteiger partial charge in [-0.3, -0.25) is 19.2 Å². The molecule has 0 bridgehead atoms. The fourth-order valence-electron chi connectivity index (χ4n) is 4.29. The molecule has 2 unspecified atom stereocenters. The Balaban J connectivity index is 1.31. The maximum atomic E-state index is 13.0. The Morgan fingerprint density at radius 3 is 2.09 bits per heavy atom. The fraction of sp³-hybridized carbons (Fsp3) is 0.200. The highest BCUT2D eigenvalue weighted by atomic mass is 16.5. The molecule has 1 amide bonds. The van der Waals surface area contributed by atoms with Crippen LogP contribution >= 0.6 is 0 Å². The van der Waals surface area contributed by atoms with Crippen LogP contribution in [0.15, 0.2) is 64.0 Å². The Hall–Kier alpha value is -5.60. The van der Waals surface area contributed by atoms with Gasteiger partial charge in [0, 0.05) is 25.0 Å². The van der Waals surface area contributed by atoms with E-state index in [0.29, 0.717) is 5.56 Å². The van der Waals surface area contributed by atoms with Crippen LogP contribution < -0.4 is 26.4 Å². The molecular weight excluding hydrogens is 580 g/mol. The third-order valence-corrected chi connectivity index (χ3v) is 6.61. The molecule has 0 saturated heterocycles. The number of nitrogen functional groups attached to an aromatic ring is 1. The standard InChI is InChI=1S/C30H28N2O12/c31-18-5-8-22(27(29(18)40)30(32)41)44-25(38)10-7-20(35)19(34)6-9-24(37)43-16-11-21(36)26-23(12-16)42-13-17(28(26)39)14-1-3-15(33)4-2-14/h1-5,8,11-13,19-20,33-36,40H,6-7,9-10,31H2,(H2,32,41). The van der Waals surface area contributed by atoms with Gasteiger partial charge >= 0.3 is 11.9 Å². The molecule has 0 fully saturated rings. The number of phenols is 3. The average Bonchev–Trinajstić information content (AvgIpc) is 2.97. The summed E-state index contributed by atoms with van der Waals surface area (Å²) in [6, 6.07) is 10.5. The van der Waals surface area contributed by atoms with Gasteiger partial charge in [-0.1, -0.05) is 12.1 Å². The van der Waals surface area contributed by atoms with Crippen molar-refractivity contribution in [3.05, 3.63) is 70.6 Å². The topological polar surface area (TPSA) is 253 Å². The predicted octanol–water partition coefficient (Wildman–Crippen LogP) is 2.05. The third-order valence-electron chi connectivity index (χ3n) is 6.61. The molecule has 3 aromatic carbocycles. The molecule has 0 aliphatic heterocycles. The summed E-state index contributed by atoms with van der Waals surface area (Å²) < 4.78 is 15.7. The van der Waals surface area contributed by atoms with Gasteiger partial charge in [-0.05, 0) is 42.7 Å². The monoisotopic (exact) mass is 608 g/mol. The van der Waals surface area contributed by atoms with Gasteiger partial charge in [0.15, 0.2) is 5.75 Å². The van der Waals surface area contributed by atoms with Gasteiger partial charge in [0.05, 0.1) is 23.5 Å². The minimum absolute atomic E-state index is 0.00862. The van der Waals surface area contributed by atoms with Crippen molar-refractivity contribution in [2.75, 3.05) is 5.73 Å². The van der Waals surface area contributed by atoms with Crippen molar-refractivity contribution in [1.29, 1.82) is 0 Å². The van der Waals surface area contributed by atoms with Crippen molar-refractivity contribution in [2.45, 2.75) is 37.9 Å². The zero-order valence-electron chi connectivity index (χ0n) is 22.9. The molecule has 0 aliphatic rings. The van der Waals surface area contributed by atoms with Crippen molar-refractivity contribution in [3.63, 3.8) is 0 Å². The summed E-state index contributed by atoms with van der Waals surface area (Å²) in [6.07, 6.45) is -2.99. The number of anilines is 1. The molecule has 44 heavy (non-hydrogen) atoms. The van der Waals surface area contributed by atoms with E-state index in [1.807, 2.05) is 0 Å². The quantitative estimate of drug-likeness (QED) is 0.0558. The molecule has 1 heterocycles. The zero-order chi connectivity index (χ0) is 32.1. The lowest BCUT2D eigenvalue weighted by molar-refractivity contribution is -0.137. The first-order chi connectivity index (χ1) is 20.8. The smallest absolute Gasteiger partial charge is 0.311 e. The third kappa shape index (κ3) is 7.06.